The summed E-state index contributed by atoms with van der Waals surface area (Å²) >= 11 is 5.98. The van der Waals surface area contributed by atoms with Crippen molar-refractivity contribution in [2.24, 2.45) is 0 Å². The normalized spacial score (nSPS) is 11.3. The number of sulfone groups is 1. The summed E-state index contributed by atoms with van der Waals surface area (Å²) in [5.41, 5.74) is 0.839. The van der Waals surface area contributed by atoms with E-state index in [1.54, 1.807) is 36.4 Å². The van der Waals surface area contributed by atoms with Crippen LogP contribution in [0.3, 0.4) is 0 Å². The summed E-state index contributed by atoms with van der Waals surface area (Å²) in [6.45, 7) is -0.101. The van der Waals surface area contributed by atoms with Gasteiger partial charge >= 0.3 is 5.22 Å². The van der Waals surface area contributed by atoms with Crippen molar-refractivity contribution in [3.8, 4) is 0 Å². The standard InChI is InChI=1S/C16H13ClN4O4S/c17-13-4-2-1-3-12(13)10-26(23,24)16-21-20-14(25-16)9-19-15(22)11-5-7-18-8-6-11/h1-8H,9-10H2,(H,19,22). The monoisotopic (exact) mass is 392 g/mol. The number of rotatable bonds is 6. The molecule has 0 atom stereocenters. The zero-order chi connectivity index (χ0) is 18.6. The van der Waals surface area contributed by atoms with Gasteiger partial charge in [0.2, 0.25) is 15.7 Å². The fourth-order valence-electron chi connectivity index (χ4n) is 2.08. The molecular weight excluding hydrogens is 380 g/mol. The first-order valence-electron chi connectivity index (χ1n) is 7.42. The summed E-state index contributed by atoms with van der Waals surface area (Å²) < 4.78 is 29.9. The number of hydrogen-bond donors (Lipinski definition) is 1. The third kappa shape index (κ3) is 4.24. The van der Waals surface area contributed by atoms with Gasteiger partial charge in [-0.05, 0) is 23.8 Å². The number of nitrogens with one attached hydrogen (secondary N) is 1. The quantitative estimate of drug-likeness (QED) is 0.682. The zero-order valence-corrected chi connectivity index (χ0v) is 14.9. The molecule has 0 aliphatic heterocycles. The second kappa shape index (κ2) is 7.63. The van der Waals surface area contributed by atoms with E-state index in [4.69, 9.17) is 16.0 Å². The third-order valence-electron chi connectivity index (χ3n) is 3.36. The highest BCUT2D eigenvalue weighted by atomic mass is 35.5. The van der Waals surface area contributed by atoms with Crippen LogP contribution in [0, 0.1) is 0 Å². The molecule has 1 N–H and O–H groups in total. The molecule has 1 amide bonds. The number of nitrogens with zero attached hydrogens (tertiary/aromatic N) is 3. The Morgan fingerprint density at radius 2 is 1.85 bits per heavy atom. The van der Waals surface area contributed by atoms with E-state index in [9.17, 15) is 13.2 Å². The molecule has 0 aliphatic carbocycles. The topological polar surface area (TPSA) is 115 Å². The van der Waals surface area contributed by atoms with E-state index in [1.165, 1.54) is 12.4 Å². The average Bonchev–Trinajstić information content (AvgIpc) is 3.12. The Labute approximate surface area is 154 Å². The summed E-state index contributed by atoms with van der Waals surface area (Å²) in [7, 11) is -3.85. The van der Waals surface area contributed by atoms with Crippen LogP contribution in [0.25, 0.3) is 0 Å². The van der Waals surface area contributed by atoms with Crippen molar-refractivity contribution in [3.05, 3.63) is 70.8 Å². The Balaban J connectivity index is 1.67. The van der Waals surface area contributed by atoms with Gasteiger partial charge in [0, 0.05) is 23.0 Å². The summed E-state index contributed by atoms with van der Waals surface area (Å²) in [5, 5.41) is 9.58. The van der Waals surface area contributed by atoms with Crippen molar-refractivity contribution in [3.63, 3.8) is 0 Å². The maximum atomic E-state index is 12.4. The lowest BCUT2D eigenvalue weighted by Gasteiger charge is -2.03. The van der Waals surface area contributed by atoms with E-state index in [-0.39, 0.29) is 24.1 Å². The number of halogens is 1. The highest BCUT2D eigenvalue weighted by Crippen LogP contribution is 2.21. The molecule has 8 nitrogen and oxygen atoms in total. The van der Waals surface area contributed by atoms with E-state index >= 15 is 0 Å². The first-order chi connectivity index (χ1) is 12.5. The molecule has 0 saturated heterocycles. The molecule has 0 saturated carbocycles. The molecule has 0 bridgehead atoms. The molecule has 0 unspecified atom stereocenters. The van der Waals surface area contributed by atoms with Crippen molar-refractivity contribution in [1.82, 2.24) is 20.5 Å². The van der Waals surface area contributed by atoms with Gasteiger partial charge < -0.3 is 9.73 Å². The van der Waals surface area contributed by atoms with Crippen LogP contribution in [0.4, 0.5) is 0 Å². The fraction of sp³-hybridized carbons (Fsp3) is 0.125. The molecule has 0 fully saturated rings. The van der Waals surface area contributed by atoms with Crippen LogP contribution < -0.4 is 5.32 Å². The Bertz CT molecular complexity index is 1020. The van der Waals surface area contributed by atoms with E-state index < -0.39 is 15.1 Å². The molecule has 134 valence electrons. The number of carbonyl (C=O) groups excluding carboxylic acids is 1. The number of pyridine rings is 1. The maximum absolute atomic E-state index is 12.4. The number of benzene rings is 1. The second-order valence-electron chi connectivity index (χ2n) is 5.23. The predicted octanol–water partition coefficient (Wildman–Crippen LogP) is 2.02. The summed E-state index contributed by atoms with van der Waals surface area (Å²) in [5.74, 6) is -0.756. The van der Waals surface area contributed by atoms with E-state index in [0.29, 0.717) is 16.1 Å². The minimum atomic E-state index is -3.85. The third-order valence-corrected chi connectivity index (χ3v) is 5.12. The predicted molar refractivity (Wildman–Crippen MR) is 92.0 cm³/mol. The highest BCUT2D eigenvalue weighted by molar-refractivity contribution is 7.90. The summed E-state index contributed by atoms with van der Waals surface area (Å²) in [6.07, 6.45) is 2.97. The lowest BCUT2D eigenvalue weighted by molar-refractivity contribution is 0.0946. The number of aromatic nitrogens is 3. The number of carbonyl (C=O) groups is 1. The van der Waals surface area contributed by atoms with Gasteiger partial charge in [0.05, 0.1) is 12.3 Å². The van der Waals surface area contributed by atoms with Crippen molar-refractivity contribution in [2.45, 2.75) is 17.5 Å². The van der Waals surface area contributed by atoms with Crippen molar-refractivity contribution in [1.29, 1.82) is 0 Å². The lowest BCUT2D eigenvalue weighted by Crippen LogP contribution is -2.22. The van der Waals surface area contributed by atoms with Crippen LogP contribution in [-0.2, 0) is 22.1 Å². The van der Waals surface area contributed by atoms with Crippen molar-refractivity contribution >= 4 is 27.3 Å². The van der Waals surface area contributed by atoms with Crippen LogP contribution in [0.2, 0.25) is 5.02 Å². The van der Waals surface area contributed by atoms with E-state index in [0.717, 1.165) is 0 Å². The minimum absolute atomic E-state index is 0.0230. The fourth-order valence-corrected chi connectivity index (χ4v) is 3.53. The molecule has 0 radical (unpaired) electrons. The Morgan fingerprint density at radius 1 is 1.12 bits per heavy atom. The van der Waals surface area contributed by atoms with Gasteiger partial charge in [-0.1, -0.05) is 34.9 Å². The molecule has 0 spiro atoms. The van der Waals surface area contributed by atoms with Gasteiger partial charge in [-0.3, -0.25) is 9.78 Å². The van der Waals surface area contributed by atoms with Crippen molar-refractivity contribution < 1.29 is 17.6 Å². The molecule has 2 aromatic heterocycles. The largest absolute Gasteiger partial charge is 0.411 e. The summed E-state index contributed by atoms with van der Waals surface area (Å²) in [6, 6.07) is 9.68. The van der Waals surface area contributed by atoms with E-state index in [1.807, 2.05) is 0 Å². The Kier molecular flexibility index (Phi) is 5.29. The SMILES string of the molecule is O=C(NCc1nnc(S(=O)(=O)Cc2ccccc2Cl)o1)c1ccncc1. The maximum Gasteiger partial charge on any atom is 0.335 e. The van der Waals surface area contributed by atoms with Gasteiger partial charge in [0.1, 0.15) is 0 Å². The van der Waals surface area contributed by atoms with Gasteiger partial charge in [-0.25, -0.2) is 8.42 Å². The van der Waals surface area contributed by atoms with Crippen LogP contribution >= 0.6 is 11.6 Å². The zero-order valence-electron chi connectivity index (χ0n) is 13.3. The van der Waals surface area contributed by atoms with Crippen LogP contribution in [0.1, 0.15) is 21.8 Å². The number of amides is 1. The molecule has 26 heavy (non-hydrogen) atoms. The number of hydrogen-bond acceptors (Lipinski definition) is 7. The molecule has 0 aliphatic rings. The molecule has 1 aromatic carbocycles. The first-order valence-corrected chi connectivity index (χ1v) is 9.45. The van der Waals surface area contributed by atoms with Crippen LogP contribution in [-0.4, -0.2) is 29.5 Å². The van der Waals surface area contributed by atoms with Gasteiger partial charge in [0.15, 0.2) is 0 Å². The summed E-state index contributed by atoms with van der Waals surface area (Å²) in [4.78, 5) is 15.8. The molecule has 10 heteroatoms. The Hall–Kier alpha value is -2.78. The second-order valence-corrected chi connectivity index (χ2v) is 7.51. The van der Waals surface area contributed by atoms with Gasteiger partial charge in [-0.2, -0.15) is 0 Å². The van der Waals surface area contributed by atoms with Gasteiger partial charge in [-0.15, -0.1) is 5.10 Å². The van der Waals surface area contributed by atoms with Crippen LogP contribution in [0.15, 0.2) is 58.4 Å². The van der Waals surface area contributed by atoms with Crippen molar-refractivity contribution in [2.75, 3.05) is 0 Å². The molecule has 2 heterocycles. The van der Waals surface area contributed by atoms with Crippen LogP contribution in [0.5, 0.6) is 0 Å². The molecular formula is C16H13ClN4O4S. The lowest BCUT2D eigenvalue weighted by atomic mass is 10.2. The average molecular weight is 393 g/mol. The highest BCUT2D eigenvalue weighted by Gasteiger charge is 2.24. The molecule has 3 aromatic rings. The van der Waals surface area contributed by atoms with Gasteiger partial charge in [0.25, 0.3) is 5.91 Å². The Morgan fingerprint density at radius 3 is 2.58 bits per heavy atom. The van der Waals surface area contributed by atoms with E-state index in [2.05, 4.69) is 20.5 Å². The minimum Gasteiger partial charge on any atom is -0.411 e. The smallest absolute Gasteiger partial charge is 0.335 e. The first kappa shape index (κ1) is 18.0. The molecule has 3 rings (SSSR count).